The minimum Gasteiger partial charge on any atom is -0.338 e. The van der Waals surface area contributed by atoms with E-state index in [1.807, 2.05) is 18.2 Å². The third-order valence-corrected chi connectivity index (χ3v) is 2.49. The Kier molecular flexibility index (Phi) is 6.40. The highest BCUT2D eigenvalue weighted by Gasteiger charge is 1.98. The van der Waals surface area contributed by atoms with Gasteiger partial charge in [0, 0.05) is 11.0 Å². The van der Waals surface area contributed by atoms with Crippen LogP contribution in [0.3, 0.4) is 0 Å². The van der Waals surface area contributed by atoms with Crippen molar-refractivity contribution in [1.29, 1.82) is 0 Å². The number of halogens is 1. The number of urea groups is 1. The Morgan fingerprint density at radius 2 is 1.94 bits per heavy atom. The smallest absolute Gasteiger partial charge is 0.315 e. The van der Waals surface area contributed by atoms with Gasteiger partial charge in [-0.3, -0.25) is 0 Å². The van der Waals surface area contributed by atoms with Crippen molar-refractivity contribution in [3.8, 4) is 0 Å². The van der Waals surface area contributed by atoms with Crippen molar-refractivity contribution in [1.82, 2.24) is 10.6 Å². The number of carbonyl (C=O) groups excluding carboxylic acids is 1. The Labute approximate surface area is 110 Å². The van der Waals surface area contributed by atoms with Crippen molar-refractivity contribution in [2.75, 3.05) is 13.1 Å². The van der Waals surface area contributed by atoms with Crippen molar-refractivity contribution in [3.05, 3.63) is 47.0 Å². The van der Waals surface area contributed by atoms with Crippen LogP contribution in [0.2, 0.25) is 0 Å². The summed E-state index contributed by atoms with van der Waals surface area (Å²) in [5.74, 6) is 0. The van der Waals surface area contributed by atoms with E-state index in [1.54, 1.807) is 0 Å². The maximum Gasteiger partial charge on any atom is 0.315 e. The third kappa shape index (κ3) is 6.79. The molecule has 0 saturated heterocycles. The van der Waals surface area contributed by atoms with Crippen LogP contribution in [0.15, 0.2) is 41.4 Å². The van der Waals surface area contributed by atoms with Gasteiger partial charge in [-0.1, -0.05) is 52.8 Å². The number of aryl methyl sites for hydroxylation is 1. The van der Waals surface area contributed by atoms with Crippen LogP contribution in [0, 0.1) is 0 Å². The summed E-state index contributed by atoms with van der Waals surface area (Å²) in [6.45, 7) is 4.76. The number of nitrogens with one attached hydrogen (secondary N) is 2. The van der Waals surface area contributed by atoms with E-state index in [2.05, 4.69) is 45.3 Å². The Morgan fingerprint density at radius 3 is 2.59 bits per heavy atom. The zero-order chi connectivity index (χ0) is 12.5. The van der Waals surface area contributed by atoms with Crippen molar-refractivity contribution < 1.29 is 4.79 Å². The van der Waals surface area contributed by atoms with Gasteiger partial charge in [0.15, 0.2) is 0 Å². The van der Waals surface area contributed by atoms with Crippen LogP contribution in [0.4, 0.5) is 4.79 Å². The van der Waals surface area contributed by atoms with E-state index in [1.165, 1.54) is 5.56 Å². The zero-order valence-corrected chi connectivity index (χ0v) is 11.3. The SMILES string of the molecule is C=C(Br)CNC(=O)NCCCc1ccccc1. The fourth-order valence-electron chi connectivity index (χ4n) is 1.38. The van der Waals surface area contributed by atoms with Crippen LogP contribution >= 0.6 is 15.9 Å². The molecule has 0 bridgehead atoms. The fourth-order valence-corrected chi connectivity index (χ4v) is 1.52. The number of carbonyl (C=O) groups is 1. The lowest BCUT2D eigenvalue weighted by Gasteiger charge is -2.06. The van der Waals surface area contributed by atoms with Crippen molar-refractivity contribution in [3.63, 3.8) is 0 Å². The minimum absolute atomic E-state index is 0.154. The number of amides is 2. The van der Waals surface area contributed by atoms with Crippen molar-refractivity contribution in [2.45, 2.75) is 12.8 Å². The Morgan fingerprint density at radius 1 is 1.24 bits per heavy atom. The predicted octanol–water partition coefficient (Wildman–Crippen LogP) is 2.83. The van der Waals surface area contributed by atoms with Gasteiger partial charge in [0.05, 0.1) is 6.54 Å². The maximum absolute atomic E-state index is 11.3. The van der Waals surface area contributed by atoms with E-state index in [-0.39, 0.29) is 6.03 Å². The van der Waals surface area contributed by atoms with Gasteiger partial charge in [0.2, 0.25) is 0 Å². The number of hydrogen-bond donors (Lipinski definition) is 2. The van der Waals surface area contributed by atoms with E-state index in [0.717, 1.165) is 17.3 Å². The van der Waals surface area contributed by atoms with Gasteiger partial charge >= 0.3 is 6.03 Å². The van der Waals surface area contributed by atoms with Crippen LogP contribution in [-0.4, -0.2) is 19.1 Å². The van der Waals surface area contributed by atoms with Gasteiger partial charge in [-0.25, -0.2) is 4.79 Å². The first-order valence-electron chi connectivity index (χ1n) is 5.57. The average Bonchev–Trinajstić information content (AvgIpc) is 2.33. The van der Waals surface area contributed by atoms with Crippen molar-refractivity contribution >= 4 is 22.0 Å². The highest BCUT2D eigenvalue weighted by molar-refractivity contribution is 9.11. The van der Waals surface area contributed by atoms with E-state index in [4.69, 9.17) is 0 Å². The molecule has 0 saturated carbocycles. The van der Waals surface area contributed by atoms with Gasteiger partial charge in [-0.15, -0.1) is 0 Å². The summed E-state index contributed by atoms with van der Waals surface area (Å²) in [7, 11) is 0. The van der Waals surface area contributed by atoms with E-state index in [9.17, 15) is 4.79 Å². The quantitative estimate of drug-likeness (QED) is 0.779. The van der Waals surface area contributed by atoms with Crippen molar-refractivity contribution in [2.24, 2.45) is 0 Å². The molecule has 0 fully saturated rings. The summed E-state index contributed by atoms with van der Waals surface area (Å²) in [5, 5.41) is 5.48. The second-order valence-electron chi connectivity index (χ2n) is 3.72. The molecular weight excluding hydrogens is 280 g/mol. The number of hydrogen-bond acceptors (Lipinski definition) is 1. The second kappa shape index (κ2) is 7.90. The van der Waals surface area contributed by atoms with Gasteiger partial charge < -0.3 is 10.6 Å². The van der Waals surface area contributed by atoms with Crippen LogP contribution < -0.4 is 10.6 Å². The van der Waals surface area contributed by atoms with Gasteiger partial charge in [-0.05, 0) is 18.4 Å². The lowest BCUT2D eigenvalue weighted by Crippen LogP contribution is -2.36. The first-order valence-corrected chi connectivity index (χ1v) is 6.36. The van der Waals surface area contributed by atoms with E-state index < -0.39 is 0 Å². The standard InChI is InChI=1S/C13H17BrN2O/c1-11(14)10-16-13(17)15-9-5-8-12-6-3-2-4-7-12/h2-4,6-7H,1,5,8-10H2,(H2,15,16,17). The molecule has 17 heavy (non-hydrogen) atoms. The minimum atomic E-state index is -0.154. The Bertz CT molecular complexity index is 365. The van der Waals surface area contributed by atoms with E-state index >= 15 is 0 Å². The Balaban J connectivity index is 2.08. The Hall–Kier alpha value is -1.29. The molecule has 0 aliphatic heterocycles. The maximum atomic E-state index is 11.3. The van der Waals surface area contributed by atoms with Crippen LogP contribution in [0.1, 0.15) is 12.0 Å². The number of rotatable bonds is 6. The third-order valence-electron chi connectivity index (χ3n) is 2.21. The summed E-state index contributed by atoms with van der Waals surface area (Å²) in [5.41, 5.74) is 1.29. The van der Waals surface area contributed by atoms with Gasteiger partial charge in [0.25, 0.3) is 0 Å². The number of benzene rings is 1. The van der Waals surface area contributed by atoms with Crippen LogP contribution in [0.25, 0.3) is 0 Å². The molecule has 1 aromatic carbocycles. The normalized spacial score (nSPS) is 9.71. The molecule has 0 heterocycles. The molecule has 0 spiro atoms. The molecule has 0 radical (unpaired) electrons. The molecule has 0 aliphatic rings. The summed E-state index contributed by atoms with van der Waals surface area (Å²) in [6, 6.07) is 10.1. The largest absolute Gasteiger partial charge is 0.338 e. The molecular formula is C13H17BrN2O. The predicted molar refractivity (Wildman–Crippen MR) is 74.2 cm³/mol. The highest BCUT2D eigenvalue weighted by atomic mass is 79.9. The highest BCUT2D eigenvalue weighted by Crippen LogP contribution is 2.01. The topological polar surface area (TPSA) is 41.1 Å². The second-order valence-corrected chi connectivity index (χ2v) is 4.84. The van der Waals surface area contributed by atoms with Gasteiger partial charge in [0.1, 0.15) is 0 Å². The van der Waals surface area contributed by atoms with Crippen LogP contribution in [0.5, 0.6) is 0 Å². The molecule has 0 aliphatic carbocycles. The molecule has 0 atom stereocenters. The summed E-state index contributed by atoms with van der Waals surface area (Å²) < 4.78 is 0.761. The molecule has 2 amide bonds. The molecule has 4 heteroatoms. The molecule has 92 valence electrons. The lowest BCUT2D eigenvalue weighted by molar-refractivity contribution is 0.241. The monoisotopic (exact) mass is 296 g/mol. The molecule has 2 N–H and O–H groups in total. The lowest BCUT2D eigenvalue weighted by atomic mass is 10.1. The molecule has 3 nitrogen and oxygen atoms in total. The molecule has 1 rings (SSSR count). The summed E-state index contributed by atoms with van der Waals surface area (Å²) >= 11 is 3.18. The van der Waals surface area contributed by atoms with Gasteiger partial charge in [-0.2, -0.15) is 0 Å². The van der Waals surface area contributed by atoms with Crippen LogP contribution in [-0.2, 0) is 6.42 Å². The first kappa shape index (κ1) is 13.8. The van der Waals surface area contributed by atoms with E-state index in [0.29, 0.717) is 13.1 Å². The fraction of sp³-hybridized carbons (Fsp3) is 0.308. The summed E-state index contributed by atoms with van der Waals surface area (Å²) in [4.78, 5) is 11.3. The summed E-state index contributed by atoms with van der Waals surface area (Å²) in [6.07, 6.45) is 1.92. The zero-order valence-electron chi connectivity index (χ0n) is 9.71. The molecule has 0 unspecified atom stereocenters. The molecule has 0 aromatic heterocycles. The molecule has 1 aromatic rings. The average molecular weight is 297 g/mol. The first-order chi connectivity index (χ1) is 8.18.